The Morgan fingerprint density at radius 1 is 1.33 bits per heavy atom. The van der Waals surface area contributed by atoms with Gasteiger partial charge in [-0.2, -0.15) is 5.10 Å². The van der Waals surface area contributed by atoms with Gasteiger partial charge in [-0.05, 0) is 18.1 Å². The first-order chi connectivity index (χ1) is 14.4. The van der Waals surface area contributed by atoms with Crippen LogP contribution in [0.5, 0.6) is 0 Å². The van der Waals surface area contributed by atoms with Crippen LogP contribution in [0, 0.1) is 5.92 Å². The van der Waals surface area contributed by atoms with Crippen LogP contribution in [0.2, 0.25) is 0 Å². The third-order valence-electron chi connectivity index (χ3n) is 4.99. The quantitative estimate of drug-likeness (QED) is 0.605. The molecule has 0 spiro atoms. The number of ether oxygens (including phenoxy) is 1. The largest absolute Gasteiger partial charge is 0.464 e. The van der Waals surface area contributed by atoms with Crippen molar-refractivity contribution < 1.29 is 19.1 Å². The van der Waals surface area contributed by atoms with Gasteiger partial charge in [-0.3, -0.25) is 19.6 Å². The monoisotopic (exact) mass is 427 g/mol. The summed E-state index contributed by atoms with van der Waals surface area (Å²) in [5.74, 6) is -0.978. The fraction of sp³-hybridized carbons (Fsp3) is 0.350. The van der Waals surface area contributed by atoms with E-state index in [2.05, 4.69) is 20.5 Å². The van der Waals surface area contributed by atoms with Gasteiger partial charge in [0, 0.05) is 23.2 Å². The first-order valence-electron chi connectivity index (χ1n) is 9.52. The number of hydrogen-bond donors (Lipinski definition) is 2. The predicted molar refractivity (Wildman–Crippen MR) is 113 cm³/mol. The molecule has 156 valence electrons. The van der Waals surface area contributed by atoms with Crippen molar-refractivity contribution in [1.29, 1.82) is 0 Å². The second-order valence-electron chi connectivity index (χ2n) is 7.37. The Labute approximate surface area is 176 Å². The van der Waals surface area contributed by atoms with E-state index in [-0.39, 0.29) is 36.4 Å². The standard InChI is InChI=1S/C20H21N5O4S/c1-10(2)16-15(19(28)29-3)21-20(30-16)22-18(27)11-8-14(26)25(9-11)17-12-6-4-5-7-13(12)23-24-17/h4-7,10-11H,8-9H2,1-3H3,(H,23,24)(H,21,22,27)/t11-/m0/s1. The molecule has 2 aromatic heterocycles. The fourth-order valence-corrected chi connectivity index (χ4v) is 4.43. The van der Waals surface area contributed by atoms with E-state index >= 15 is 0 Å². The van der Waals surface area contributed by atoms with E-state index < -0.39 is 11.9 Å². The second kappa shape index (κ2) is 7.86. The van der Waals surface area contributed by atoms with E-state index in [1.54, 1.807) is 0 Å². The number of para-hydroxylation sites is 1. The molecule has 4 rings (SSSR count). The molecule has 3 heterocycles. The number of amides is 2. The minimum Gasteiger partial charge on any atom is -0.464 e. The summed E-state index contributed by atoms with van der Waals surface area (Å²) in [7, 11) is 1.29. The average Bonchev–Trinajstić information content (AvgIpc) is 3.43. The fourth-order valence-electron chi connectivity index (χ4n) is 3.47. The third kappa shape index (κ3) is 3.54. The number of aromatic amines is 1. The minimum absolute atomic E-state index is 0.0544. The van der Waals surface area contributed by atoms with E-state index in [1.807, 2.05) is 38.1 Å². The molecule has 0 saturated carbocycles. The number of H-pyrrole nitrogens is 1. The van der Waals surface area contributed by atoms with Crippen LogP contribution < -0.4 is 10.2 Å². The van der Waals surface area contributed by atoms with Crippen LogP contribution in [0.1, 0.15) is 41.6 Å². The first kappa shape index (κ1) is 20.0. The number of carbonyl (C=O) groups excluding carboxylic acids is 3. The molecular formula is C20H21N5O4S. The molecule has 0 aliphatic carbocycles. The van der Waals surface area contributed by atoms with Crippen LogP contribution in [0.15, 0.2) is 24.3 Å². The molecule has 9 nitrogen and oxygen atoms in total. The highest BCUT2D eigenvalue weighted by Crippen LogP contribution is 2.33. The number of methoxy groups -OCH3 is 1. The molecule has 0 unspecified atom stereocenters. The molecule has 1 fully saturated rings. The Morgan fingerprint density at radius 3 is 2.83 bits per heavy atom. The van der Waals surface area contributed by atoms with Crippen molar-refractivity contribution in [2.75, 3.05) is 23.9 Å². The maximum atomic E-state index is 12.8. The highest BCUT2D eigenvalue weighted by Gasteiger charge is 2.37. The normalized spacial score (nSPS) is 16.5. The maximum absolute atomic E-state index is 12.8. The van der Waals surface area contributed by atoms with Crippen molar-refractivity contribution in [2.45, 2.75) is 26.2 Å². The number of hydrogen-bond acceptors (Lipinski definition) is 7. The lowest BCUT2D eigenvalue weighted by atomic mass is 10.1. The van der Waals surface area contributed by atoms with Gasteiger partial charge in [-0.15, -0.1) is 11.3 Å². The van der Waals surface area contributed by atoms with Crippen LogP contribution in [0.25, 0.3) is 10.9 Å². The number of nitrogens with one attached hydrogen (secondary N) is 2. The van der Waals surface area contributed by atoms with E-state index in [1.165, 1.54) is 23.3 Å². The summed E-state index contributed by atoms with van der Waals surface area (Å²) in [4.78, 5) is 43.9. The Balaban J connectivity index is 1.51. The molecule has 3 aromatic rings. The molecular weight excluding hydrogens is 406 g/mol. The molecule has 0 bridgehead atoms. The number of rotatable bonds is 5. The van der Waals surface area contributed by atoms with Gasteiger partial charge in [-0.25, -0.2) is 9.78 Å². The topological polar surface area (TPSA) is 117 Å². The van der Waals surface area contributed by atoms with Gasteiger partial charge in [0.1, 0.15) is 0 Å². The summed E-state index contributed by atoms with van der Waals surface area (Å²) >= 11 is 1.24. The number of esters is 1. The SMILES string of the molecule is COC(=O)c1nc(NC(=O)[C@H]2CC(=O)N(c3n[nH]c4ccccc34)C2)sc1C(C)C. The molecule has 10 heteroatoms. The number of aromatic nitrogens is 3. The van der Waals surface area contributed by atoms with Gasteiger partial charge >= 0.3 is 5.97 Å². The number of anilines is 2. The smallest absolute Gasteiger partial charge is 0.357 e. The van der Waals surface area contributed by atoms with E-state index in [0.29, 0.717) is 10.9 Å². The Hall–Kier alpha value is -3.27. The molecule has 2 amide bonds. The van der Waals surface area contributed by atoms with Crippen molar-refractivity contribution in [3.05, 3.63) is 34.8 Å². The Kier molecular flexibility index (Phi) is 5.25. The third-order valence-corrected chi connectivity index (χ3v) is 6.26. The summed E-state index contributed by atoms with van der Waals surface area (Å²) in [5.41, 5.74) is 1.03. The zero-order valence-corrected chi connectivity index (χ0v) is 17.6. The van der Waals surface area contributed by atoms with Gasteiger partial charge in [-0.1, -0.05) is 26.0 Å². The molecule has 1 aliphatic rings. The molecule has 2 N–H and O–H groups in total. The van der Waals surface area contributed by atoms with Crippen molar-refractivity contribution >= 4 is 51.0 Å². The number of fused-ring (bicyclic) bond motifs is 1. The van der Waals surface area contributed by atoms with E-state index in [9.17, 15) is 14.4 Å². The predicted octanol–water partition coefficient (Wildman–Crippen LogP) is 2.92. The molecule has 30 heavy (non-hydrogen) atoms. The first-order valence-corrected chi connectivity index (χ1v) is 10.3. The van der Waals surface area contributed by atoms with Crippen molar-refractivity contribution in [3.63, 3.8) is 0 Å². The summed E-state index contributed by atoms with van der Waals surface area (Å²) in [5, 5.41) is 11.1. The van der Waals surface area contributed by atoms with Crippen LogP contribution in [0.3, 0.4) is 0 Å². The number of carbonyl (C=O) groups is 3. The average molecular weight is 427 g/mol. The summed E-state index contributed by atoms with van der Waals surface area (Å²) in [6.45, 7) is 4.10. The lowest BCUT2D eigenvalue weighted by Crippen LogP contribution is -2.28. The molecule has 0 radical (unpaired) electrons. The second-order valence-corrected chi connectivity index (χ2v) is 8.40. The maximum Gasteiger partial charge on any atom is 0.357 e. The Bertz CT molecular complexity index is 1140. The van der Waals surface area contributed by atoms with Gasteiger partial charge in [0.15, 0.2) is 16.6 Å². The summed E-state index contributed by atoms with van der Waals surface area (Å²) in [6, 6.07) is 7.52. The molecule has 1 aromatic carbocycles. The number of nitrogens with zero attached hydrogens (tertiary/aromatic N) is 3. The molecule has 1 aliphatic heterocycles. The van der Waals surface area contributed by atoms with Gasteiger partial charge in [0.25, 0.3) is 0 Å². The number of benzene rings is 1. The van der Waals surface area contributed by atoms with E-state index in [4.69, 9.17) is 4.74 Å². The zero-order valence-electron chi connectivity index (χ0n) is 16.8. The van der Waals surface area contributed by atoms with Crippen LogP contribution >= 0.6 is 11.3 Å². The Morgan fingerprint density at radius 2 is 2.10 bits per heavy atom. The van der Waals surface area contributed by atoms with Crippen molar-refractivity contribution in [1.82, 2.24) is 15.2 Å². The molecule has 1 atom stereocenters. The molecule has 1 saturated heterocycles. The lowest BCUT2D eigenvalue weighted by molar-refractivity contribution is -0.122. The number of thiazole rings is 1. The van der Waals surface area contributed by atoms with Crippen molar-refractivity contribution in [3.8, 4) is 0 Å². The minimum atomic E-state index is -0.541. The van der Waals surface area contributed by atoms with Crippen molar-refractivity contribution in [2.24, 2.45) is 5.92 Å². The lowest BCUT2D eigenvalue weighted by Gasteiger charge is -2.13. The highest BCUT2D eigenvalue weighted by atomic mass is 32.1. The summed E-state index contributed by atoms with van der Waals surface area (Å²) in [6.07, 6.45) is 0.0826. The van der Waals surface area contributed by atoms with Gasteiger partial charge in [0.2, 0.25) is 11.8 Å². The zero-order chi connectivity index (χ0) is 21.4. The van der Waals surface area contributed by atoms with Gasteiger partial charge < -0.3 is 10.1 Å². The summed E-state index contributed by atoms with van der Waals surface area (Å²) < 4.78 is 4.78. The van der Waals surface area contributed by atoms with E-state index in [0.717, 1.165) is 15.8 Å². The van der Waals surface area contributed by atoms with Crippen LogP contribution in [-0.4, -0.2) is 46.6 Å². The van der Waals surface area contributed by atoms with Gasteiger partial charge in [0.05, 0.1) is 18.5 Å². The highest BCUT2D eigenvalue weighted by molar-refractivity contribution is 7.16. The van der Waals surface area contributed by atoms with Crippen LogP contribution in [-0.2, 0) is 14.3 Å². The van der Waals surface area contributed by atoms with Crippen LogP contribution in [0.4, 0.5) is 10.9 Å².